The van der Waals surface area contributed by atoms with E-state index in [1.807, 2.05) is 0 Å². The van der Waals surface area contributed by atoms with E-state index in [2.05, 4.69) is 27.6 Å². The lowest BCUT2D eigenvalue weighted by Crippen LogP contribution is -2.06. The van der Waals surface area contributed by atoms with E-state index in [1.54, 1.807) is 24.3 Å². The van der Waals surface area contributed by atoms with Gasteiger partial charge < -0.3 is 14.2 Å². The Kier molecular flexibility index (Phi) is 7.31. The number of nitro groups is 1. The minimum atomic E-state index is -0.705. The number of ether oxygens (including phenoxy) is 3. The van der Waals surface area contributed by atoms with Crippen molar-refractivity contribution in [3.05, 3.63) is 102 Å². The van der Waals surface area contributed by atoms with Gasteiger partial charge in [-0.1, -0.05) is 23.7 Å². The molecule has 0 aliphatic carbocycles. The Labute approximate surface area is 217 Å². The van der Waals surface area contributed by atoms with Crippen molar-refractivity contribution >= 4 is 57.8 Å². The monoisotopic (exact) mass is 608 g/mol. The van der Waals surface area contributed by atoms with Gasteiger partial charge in [0.25, 0.3) is 5.69 Å². The highest BCUT2D eigenvalue weighted by atomic mass is 127. The molecule has 0 unspecified atom stereocenters. The van der Waals surface area contributed by atoms with Crippen LogP contribution in [0.5, 0.6) is 11.5 Å². The molecule has 11 heteroatoms. The predicted molar refractivity (Wildman–Crippen MR) is 135 cm³/mol. The van der Waals surface area contributed by atoms with Crippen molar-refractivity contribution in [2.24, 2.45) is 4.99 Å². The number of carbonyl (C=O) groups is 1. The average molecular weight is 609 g/mol. The van der Waals surface area contributed by atoms with Gasteiger partial charge in [0.15, 0.2) is 17.2 Å². The summed E-state index contributed by atoms with van der Waals surface area (Å²) in [7, 11) is 1.49. The minimum Gasteiger partial charge on any atom is -0.493 e. The number of methoxy groups -OCH3 is 1. The number of hydrogen-bond donors (Lipinski definition) is 0. The quantitative estimate of drug-likeness (QED) is 0.109. The topological polar surface area (TPSA) is 100 Å². The van der Waals surface area contributed by atoms with Crippen LogP contribution in [-0.2, 0) is 16.1 Å². The summed E-state index contributed by atoms with van der Waals surface area (Å²) in [5, 5.41) is 11.1. The van der Waals surface area contributed by atoms with Crippen LogP contribution in [0, 0.1) is 19.5 Å². The summed E-state index contributed by atoms with van der Waals surface area (Å²) >= 11 is 7.92. The fourth-order valence-corrected chi connectivity index (χ4v) is 4.14. The Hall–Kier alpha value is -3.51. The second-order valence-corrected chi connectivity index (χ2v) is 8.78. The van der Waals surface area contributed by atoms with Crippen molar-refractivity contribution in [3.8, 4) is 11.5 Å². The maximum absolute atomic E-state index is 13.1. The first-order chi connectivity index (χ1) is 16.7. The summed E-state index contributed by atoms with van der Waals surface area (Å²) in [6.45, 7) is 0.209. The van der Waals surface area contributed by atoms with Crippen LogP contribution in [0.3, 0.4) is 0 Å². The third-order valence-electron chi connectivity index (χ3n) is 4.86. The van der Waals surface area contributed by atoms with Gasteiger partial charge in [-0.3, -0.25) is 10.1 Å². The lowest BCUT2D eigenvalue weighted by Gasteiger charge is -2.14. The van der Waals surface area contributed by atoms with E-state index < -0.39 is 10.9 Å². The highest BCUT2D eigenvalue weighted by molar-refractivity contribution is 14.1. The van der Waals surface area contributed by atoms with Gasteiger partial charge in [0.2, 0.25) is 5.90 Å². The van der Waals surface area contributed by atoms with Gasteiger partial charge in [-0.2, -0.15) is 0 Å². The molecule has 4 rings (SSSR count). The maximum atomic E-state index is 13.1. The molecule has 3 aromatic carbocycles. The van der Waals surface area contributed by atoms with Gasteiger partial charge in [0.1, 0.15) is 17.4 Å². The number of benzene rings is 3. The molecule has 0 radical (unpaired) electrons. The molecular formula is C24H15ClFIN2O6. The number of nitro benzene ring substituents is 1. The molecule has 0 N–H and O–H groups in total. The first kappa shape index (κ1) is 24.6. The summed E-state index contributed by atoms with van der Waals surface area (Å²) in [5.74, 6) is -0.185. The fraction of sp³-hybridized carbons (Fsp3) is 0.0833. The van der Waals surface area contributed by atoms with Gasteiger partial charge in [-0.25, -0.2) is 14.2 Å². The van der Waals surface area contributed by atoms with Crippen molar-refractivity contribution in [2.45, 2.75) is 6.61 Å². The van der Waals surface area contributed by atoms with Crippen LogP contribution < -0.4 is 9.47 Å². The molecular weight excluding hydrogens is 594 g/mol. The molecule has 0 fully saturated rings. The van der Waals surface area contributed by atoms with Crippen LogP contribution in [0.4, 0.5) is 10.1 Å². The number of esters is 1. The van der Waals surface area contributed by atoms with Crippen LogP contribution in [-0.4, -0.2) is 23.9 Å². The van der Waals surface area contributed by atoms with E-state index in [0.717, 1.165) is 5.56 Å². The molecule has 0 aromatic heterocycles. The highest BCUT2D eigenvalue weighted by Crippen LogP contribution is 2.36. The number of cyclic esters (lactones) is 1. The molecule has 35 heavy (non-hydrogen) atoms. The Bertz CT molecular complexity index is 1390. The van der Waals surface area contributed by atoms with Crippen molar-refractivity contribution in [1.82, 2.24) is 0 Å². The number of halogens is 3. The van der Waals surface area contributed by atoms with E-state index in [4.69, 9.17) is 25.8 Å². The number of nitrogens with zero attached hydrogens (tertiary/aromatic N) is 2. The molecule has 0 saturated heterocycles. The molecule has 0 spiro atoms. The highest BCUT2D eigenvalue weighted by Gasteiger charge is 2.26. The van der Waals surface area contributed by atoms with Gasteiger partial charge >= 0.3 is 5.97 Å². The summed E-state index contributed by atoms with van der Waals surface area (Å²) in [6, 6.07) is 13.4. The predicted octanol–water partition coefficient (Wildman–Crippen LogP) is 5.92. The molecule has 0 amide bonds. The summed E-state index contributed by atoms with van der Waals surface area (Å²) < 4.78 is 30.4. The normalized spacial score (nSPS) is 14.0. The number of hydrogen-bond acceptors (Lipinski definition) is 7. The molecule has 1 aliphatic rings. The second-order valence-electron chi connectivity index (χ2n) is 7.21. The lowest BCUT2D eigenvalue weighted by molar-refractivity contribution is -0.384. The van der Waals surface area contributed by atoms with Crippen molar-refractivity contribution in [3.63, 3.8) is 0 Å². The van der Waals surface area contributed by atoms with E-state index in [1.165, 1.54) is 43.5 Å². The van der Waals surface area contributed by atoms with Gasteiger partial charge in [-0.05, 0) is 76.2 Å². The first-order valence-electron chi connectivity index (χ1n) is 9.97. The zero-order chi connectivity index (χ0) is 25.1. The third-order valence-corrected chi connectivity index (χ3v) is 5.98. The zero-order valence-electron chi connectivity index (χ0n) is 18.0. The summed E-state index contributed by atoms with van der Waals surface area (Å²) in [6.07, 6.45) is 1.51. The fourth-order valence-electron chi connectivity index (χ4n) is 3.18. The molecule has 3 aromatic rings. The van der Waals surface area contributed by atoms with Gasteiger partial charge in [0, 0.05) is 11.6 Å². The van der Waals surface area contributed by atoms with Crippen LogP contribution in [0.25, 0.3) is 6.08 Å². The van der Waals surface area contributed by atoms with E-state index in [-0.39, 0.29) is 40.3 Å². The van der Waals surface area contributed by atoms with Crippen LogP contribution in [0.1, 0.15) is 16.7 Å². The van der Waals surface area contributed by atoms with Crippen molar-refractivity contribution in [2.75, 3.05) is 7.11 Å². The average Bonchev–Trinajstić information content (AvgIpc) is 3.19. The Morgan fingerprint density at radius 1 is 1.20 bits per heavy atom. The van der Waals surface area contributed by atoms with E-state index in [0.29, 0.717) is 20.6 Å². The molecule has 0 bridgehead atoms. The summed E-state index contributed by atoms with van der Waals surface area (Å²) in [4.78, 5) is 27.1. The summed E-state index contributed by atoms with van der Waals surface area (Å²) in [5.41, 5.74) is 1.31. The Morgan fingerprint density at radius 3 is 2.63 bits per heavy atom. The van der Waals surface area contributed by atoms with Crippen LogP contribution >= 0.6 is 34.2 Å². The van der Waals surface area contributed by atoms with Gasteiger partial charge in [-0.15, -0.1) is 0 Å². The maximum Gasteiger partial charge on any atom is 0.363 e. The van der Waals surface area contributed by atoms with Gasteiger partial charge in [0.05, 0.1) is 15.6 Å². The van der Waals surface area contributed by atoms with Crippen LogP contribution in [0.2, 0.25) is 5.02 Å². The molecule has 1 heterocycles. The first-order valence-corrected chi connectivity index (χ1v) is 11.4. The largest absolute Gasteiger partial charge is 0.493 e. The third kappa shape index (κ3) is 5.60. The smallest absolute Gasteiger partial charge is 0.363 e. The van der Waals surface area contributed by atoms with E-state index in [9.17, 15) is 19.3 Å². The van der Waals surface area contributed by atoms with Crippen molar-refractivity contribution < 1.29 is 28.3 Å². The standard InChI is InChI=1S/C24H15ClFIN2O6/c1-33-21-10-14(8-18(27)22(21)34-12-13-2-5-16(26)6-3-13)9-19-24(30)35-23(28-19)15-4-7-17(25)20(11-15)29(31)32/h2-11H,12H2,1H3/b19-9-. The molecule has 0 atom stereocenters. The van der Waals surface area contributed by atoms with Crippen LogP contribution in [0.15, 0.2) is 65.3 Å². The van der Waals surface area contributed by atoms with E-state index >= 15 is 0 Å². The minimum absolute atomic E-state index is 0.00966. The zero-order valence-corrected chi connectivity index (χ0v) is 20.9. The number of aliphatic imine (C=N–C) groups is 1. The Balaban J connectivity index is 1.60. The molecule has 0 saturated carbocycles. The Morgan fingerprint density at radius 2 is 1.94 bits per heavy atom. The number of rotatable bonds is 7. The second kappa shape index (κ2) is 10.4. The SMILES string of the molecule is COc1cc(/C=C2\N=C(c3ccc(Cl)c([N+](=O)[O-])c3)OC2=O)cc(I)c1OCc1ccc(F)cc1. The van der Waals surface area contributed by atoms with Crippen molar-refractivity contribution in [1.29, 1.82) is 0 Å². The molecule has 8 nitrogen and oxygen atoms in total. The number of carbonyl (C=O) groups excluding carboxylic acids is 1. The lowest BCUT2D eigenvalue weighted by atomic mass is 10.1. The molecule has 178 valence electrons. The molecule has 1 aliphatic heterocycles.